The molecule has 1 aromatic rings. The predicted octanol–water partition coefficient (Wildman–Crippen LogP) is 2.62. The van der Waals surface area contributed by atoms with E-state index in [1.165, 1.54) is 0 Å². The summed E-state index contributed by atoms with van der Waals surface area (Å²) in [6.45, 7) is 2.11. The number of nitrogens with one attached hydrogen (secondary N) is 1. The molecule has 0 unspecified atom stereocenters. The summed E-state index contributed by atoms with van der Waals surface area (Å²) in [6, 6.07) is 5.73. The van der Waals surface area contributed by atoms with Crippen molar-refractivity contribution < 1.29 is 4.39 Å². The Labute approximate surface area is 109 Å². The Morgan fingerprint density at radius 3 is 2.62 bits per heavy atom. The maximum atomic E-state index is 13.3. The monoisotopic (exact) mass is 334 g/mol. The Morgan fingerprint density at radius 2 is 2.00 bits per heavy atom. The van der Waals surface area contributed by atoms with Gasteiger partial charge in [0.2, 0.25) is 0 Å². The number of halogens is 2. The molecule has 1 aliphatic rings. The minimum absolute atomic E-state index is 0.150. The third kappa shape index (κ3) is 2.85. The zero-order valence-electron chi connectivity index (χ0n) is 9.34. The van der Waals surface area contributed by atoms with Crippen LogP contribution in [0.2, 0.25) is 0 Å². The van der Waals surface area contributed by atoms with Gasteiger partial charge in [0.1, 0.15) is 5.82 Å². The molecule has 0 aliphatic carbocycles. The van der Waals surface area contributed by atoms with Crippen LogP contribution < -0.4 is 10.2 Å². The normalized spacial score (nSPS) is 17.4. The van der Waals surface area contributed by atoms with Crippen molar-refractivity contribution in [1.82, 2.24) is 5.32 Å². The molecule has 4 heteroatoms. The molecule has 1 heterocycles. The quantitative estimate of drug-likeness (QED) is 0.837. The SMILES string of the molecule is CN(c1cc(F)cc(I)c1)C1CCNCC1. The first-order valence-electron chi connectivity index (χ1n) is 5.56. The molecule has 1 fully saturated rings. The van der Waals surface area contributed by atoms with Crippen molar-refractivity contribution in [2.75, 3.05) is 25.0 Å². The van der Waals surface area contributed by atoms with Crippen molar-refractivity contribution in [3.8, 4) is 0 Å². The second-order valence-corrected chi connectivity index (χ2v) is 5.47. The van der Waals surface area contributed by atoms with E-state index in [4.69, 9.17) is 0 Å². The lowest BCUT2D eigenvalue weighted by Gasteiger charge is -2.33. The van der Waals surface area contributed by atoms with Gasteiger partial charge in [-0.3, -0.25) is 0 Å². The molecule has 0 bridgehead atoms. The van der Waals surface area contributed by atoms with Crippen molar-refractivity contribution >= 4 is 28.3 Å². The molecule has 0 aromatic heterocycles. The first kappa shape index (κ1) is 12.1. The van der Waals surface area contributed by atoms with Crippen LogP contribution in [0.4, 0.5) is 10.1 Å². The van der Waals surface area contributed by atoms with Gasteiger partial charge in [-0.1, -0.05) is 0 Å². The number of piperidine rings is 1. The number of anilines is 1. The number of rotatable bonds is 2. The molecule has 1 aliphatic heterocycles. The summed E-state index contributed by atoms with van der Waals surface area (Å²) in [7, 11) is 2.06. The average Bonchev–Trinajstić information content (AvgIpc) is 2.28. The van der Waals surface area contributed by atoms with E-state index in [0.29, 0.717) is 6.04 Å². The van der Waals surface area contributed by atoms with Gasteiger partial charge in [0.25, 0.3) is 0 Å². The van der Waals surface area contributed by atoms with Crippen LogP contribution in [0.15, 0.2) is 18.2 Å². The molecule has 1 N–H and O–H groups in total. The van der Waals surface area contributed by atoms with Crippen molar-refractivity contribution in [1.29, 1.82) is 0 Å². The Bertz CT molecular complexity index is 344. The molecule has 2 nitrogen and oxygen atoms in total. The highest BCUT2D eigenvalue weighted by molar-refractivity contribution is 14.1. The minimum atomic E-state index is -0.150. The zero-order chi connectivity index (χ0) is 11.5. The van der Waals surface area contributed by atoms with Crippen LogP contribution in [-0.2, 0) is 0 Å². The molecular formula is C12H16FIN2. The highest BCUT2D eigenvalue weighted by atomic mass is 127. The Morgan fingerprint density at radius 1 is 1.31 bits per heavy atom. The van der Waals surface area contributed by atoms with E-state index in [9.17, 15) is 4.39 Å². The first-order chi connectivity index (χ1) is 7.66. The van der Waals surface area contributed by atoms with Gasteiger partial charge in [-0.05, 0) is 66.7 Å². The van der Waals surface area contributed by atoms with E-state index in [1.54, 1.807) is 12.1 Å². The average molecular weight is 334 g/mol. The topological polar surface area (TPSA) is 15.3 Å². The standard InChI is InChI=1S/C12H16FIN2/c1-16(11-2-4-15-5-3-11)12-7-9(13)6-10(14)8-12/h6-8,11,15H,2-5H2,1H3. The third-order valence-corrected chi connectivity index (χ3v) is 3.73. The fourth-order valence-corrected chi connectivity index (χ4v) is 2.76. The molecule has 1 saturated heterocycles. The van der Waals surface area contributed by atoms with Gasteiger partial charge >= 0.3 is 0 Å². The molecule has 16 heavy (non-hydrogen) atoms. The van der Waals surface area contributed by atoms with E-state index < -0.39 is 0 Å². The van der Waals surface area contributed by atoms with Crippen LogP contribution in [0.3, 0.4) is 0 Å². The van der Waals surface area contributed by atoms with Crippen molar-refractivity contribution in [2.24, 2.45) is 0 Å². The van der Waals surface area contributed by atoms with E-state index in [2.05, 4.69) is 39.9 Å². The number of benzene rings is 1. The van der Waals surface area contributed by atoms with Crippen molar-refractivity contribution in [2.45, 2.75) is 18.9 Å². The lowest BCUT2D eigenvalue weighted by molar-refractivity contribution is 0.443. The molecule has 1 aromatic carbocycles. The van der Waals surface area contributed by atoms with E-state index in [1.807, 2.05) is 6.07 Å². The summed E-state index contributed by atoms with van der Waals surface area (Å²) in [5, 5.41) is 3.34. The highest BCUT2D eigenvalue weighted by Crippen LogP contribution is 2.23. The molecule has 0 radical (unpaired) electrons. The largest absolute Gasteiger partial charge is 0.371 e. The van der Waals surface area contributed by atoms with Gasteiger partial charge < -0.3 is 10.2 Å². The van der Waals surface area contributed by atoms with Gasteiger partial charge in [0.15, 0.2) is 0 Å². The van der Waals surface area contributed by atoms with Gasteiger partial charge in [-0.15, -0.1) is 0 Å². The highest BCUT2D eigenvalue weighted by Gasteiger charge is 2.18. The number of hydrogen-bond donors (Lipinski definition) is 1. The summed E-state index contributed by atoms with van der Waals surface area (Å²) in [5.41, 5.74) is 0.983. The van der Waals surface area contributed by atoms with Crippen LogP contribution >= 0.6 is 22.6 Å². The Balaban J connectivity index is 2.15. The van der Waals surface area contributed by atoms with Crippen molar-refractivity contribution in [3.05, 3.63) is 27.6 Å². The third-order valence-electron chi connectivity index (χ3n) is 3.11. The molecule has 0 atom stereocenters. The fraction of sp³-hybridized carbons (Fsp3) is 0.500. The molecule has 0 spiro atoms. The van der Waals surface area contributed by atoms with Crippen LogP contribution in [0.1, 0.15) is 12.8 Å². The number of hydrogen-bond acceptors (Lipinski definition) is 2. The second-order valence-electron chi connectivity index (χ2n) is 4.22. The summed E-state index contributed by atoms with van der Waals surface area (Å²) in [4.78, 5) is 2.20. The summed E-state index contributed by atoms with van der Waals surface area (Å²) in [5.74, 6) is -0.150. The minimum Gasteiger partial charge on any atom is -0.371 e. The zero-order valence-corrected chi connectivity index (χ0v) is 11.5. The Hall–Kier alpha value is -0.360. The molecule has 88 valence electrons. The number of nitrogens with zero attached hydrogens (tertiary/aromatic N) is 1. The van der Waals surface area contributed by atoms with Gasteiger partial charge in [0, 0.05) is 22.3 Å². The maximum Gasteiger partial charge on any atom is 0.126 e. The molecule has 2 rings (SSSR count). The van der Waals surface area contributed by atoms with Gasteiger partial charge in [-0.2, -0.15) is 0 Å². The van der Waals surface area contributed by atoms with Crippen LogP contribution in [0.5, 0.6) is 0 Å². The smallest absolute Gasteiger partial charge is 0.126 e. The fourth-order valence-electron chi connectivity index (χ4n) is 2.15. The van der Waals surface area contributed by atoms with Crippen molar-refractivity contribution in [3.63, 3.8) is 0 Å². The summed E-state index contributed by atoms with van der Waals surface area (Å²) in [6.07, 6.45) is 2.26. The van der Waals surface area contributed by atoms with Gasteiger partial charge in [-0.25, -0.2) is 4.39 Å². The van der Waals surface area contributed by atoms with Crippen LogP contribution in [-0.4, -0.2) is 26.2 Å². The second kappa shape index (κ2) is 5.31. The first-order valence-corrected chi connectivity index (χ1v) is 6.64. The van der Waals surface area contributed by atoms with E-state index >= 15 is 0 Å². The molecule has 0 saturated carbocycles. The maximum absolute atomic E-state index is 13.3. The molecular weight excluding hydrogens is 318 g/mol. The lowest BCUT2D eigenvalue weighted by Crippen LogP contribution is -2.41. The van der Waals surface area contributed by atoms with E-state index in [-0.39, 0.29) is 5.82 Å². The lowest BCUT2D eigenvalue weighted by atomic mass is 10.0. The Kier molecular flexibility index (Phi) is 4.02. The van der Waals surface area contributed by atoms with Crippen LogP contribution in [0.25, 0.3) is 0 Å². The summed E-state index contributed by atoms with van der Waals surface area (Å²) < 4.78 is 14.3. The summed E-state index contributed by atoms with van der Waals surface area (Å²) >= 11 is 2.16. The van der Waals surface area contributed by atoms with Crippen LogP contribution in [0, 0.1) is 9.39 Å². The van der Waals surface area contributed by atoms with E-state index in [0.717, 1.165) is 35.2 Å². The molecule has 0 amide bonds. The predicted molar refractivity (Wildman–Crippen MR) is 73.4 cm³/mol. The van der Waals surface area contributed by atoms with Gasteiger partial charge in [0.05, 0.1) is 0 Å².